The van der Waals surface area contributed by atoms with Crippen molar-refractivity contribution in [1.29, 1.82) is 0 Å². The fourth-order valence-electron chi connectivity index (χ4n) is 4.27. The molecule has 0 saturated heterocycles. The summed E-state index contributed by atoms with van der Waals surface area (Å²) in [6, 6.07) is -0.869. The van der Waals surface area contributed by atoms with Crippen molar-refractivity contribution in [2.45, 2.75) is 154 Å². The van der Waals surface area contributed by atoms with Crippen LogP contribution < -0.4 is 11.1 Å². The molecule has 2 unspecified atom stereocenters. The van der Waals surface area contributed by atoms with Crippen LogP contribution in [0.3, 0.4) is 0 Å². The number of aliphatic carboxylic acids is 1. The summed E-state index contributed by atoms with van der Waals surface area (Å²) >= 11 is 0. The van der Waals surface area contributed by atoms with E-state index in [2.05, 4.69) is 31.3 Å². The van der Waals surface area contributed by atoms with Crippen molar-refractivity contribution in [3.63, 3.8) is 0 Å². The maximum absolute atomic E-state index is 12.4. The van der Waals surface area contributed by atoms with Gasteiger partial charge in [0, 0.05) is 12.8 Å². The molecule has 7 nitrogen and oxygen atoms in total. The first-order valence-corrected chi connectivity index (χ1v) is 15.0. The van der Waals surface area contributed by atoms with Crippen LogP contribution in [-0.4, -0.2) is 41.6 Å². The molecule has 37 heavy (non-hydrogen) atoms. The van der Waals surface area contributed by atoms with E-state index in [0.29, 0.717) is 38.6 Å². The second-order valence-electron chi connectivity index (χ2n) is 10.2. The third-order valence-corrected chi connectivity index (χ3v) is 6.56. The van der Waals surface area contributed by atoms with Crippen molar-refractivity contribution in [2.75, 3.05) is 6.54 Å². The molecule has 0 aliphatic heterocycles. The third kappa shape index (κ3) is 23.0. The molecule has 0 aromatic rings. The molecule has 1 amide bonds. The first-order valence-electron chi connectivity index (χ1n) is 15.0. The lowest BCUT2D eigenvalue weighted by Crippen LogP contribution is -2.40. The number of amides is 1. The molecule has 2 atom stereocenters. The lowest BCUT2D eigenvalue weighted by Gasteiger charge is -2.18. The summed E-state index contributed by atoms with van der Waals surface area (Å²) in [6.07, 6.45) is 22.8. The summed E-state index contributed by atoms with van der Waals surface area (Å²) in [7, 11) is 0. The van der Waals surface area contributed by atoms with Crippen LogP contribution >= 0.6 is 0 Å². The molecule has 0 heterocycles. The van der Waals surface area contributed by atoms with E-state index in [1.165, 1.54) is 32.1 Å². The van der Waals surface area contributed by atoms with Crippen LogP contribution in [0.1, 0.15) is 142 Å². The van der Waals surface area contributed by atoms with Gasteiger partial charge in [-0.15, -0.1) is 0 Å². The molecular formula is C30H56N2O5. The molecule has 0 rings (SSSR count). The van der Waals surface area contributed by atoms with Crippen LogP contribution in [0.5, 0.6) is 0 Å². The van der Waals surface area contributed by atoms with Crippen molar-refractivity contribution in [3.8, 4) is 0 Å². The molecule has 0 aliphatic carbocycles. The molecule has 0 fully saturated rings. The van der Waals surface area contributed by atoms with E-state index in [1.54, 1.807) is 0 Å². The molecule has 0 aliphatic rings. The Morgan fingerprint density at radius 2 is 1.38 bits per heavy atom. The Bertz CT molecular complexity index is 609. The number of nitrogens with one attached hydrogen (secondary N) is 1. The number of allylic oxidation sites excluding steroid dienone is 2. The van der Waals surface area contributed by atoms with Gasteiger partial charge >= 0.3 is 11.9 Å². The summed E-state index contributed by atoms with van der Waals surface area (Å²) in [5.74, 6) is -1.34. The average Bonchev–Trinajstić information content (AvgIpc) is 2.87. The zero-order chi connectivity index (χ0) is 27.6. The van der Waals surface area contributed by atoms with Gasteiger partial charge in [-0.05, 0) is 77.2 Å². The SMILES string of the molecule is CCC/C=C\CCCCCCCC(=O)OC(CCCCC)CCCCCC(=O)NC(CCCN)C(=O)O. The van der Waals surface area contributed by atoms with Crippen LogP contribution in [0.4, 0.5) is 0 Å². The number of esters is 1. The van der Waals surface area contributed by atoms with E-state index < -0.39 is 12.0 Å². The number of unbranched alkanes of at least 4 members (excludes halogenated alkanes) is 10. The molecule has 0 radical (unpaired) electrons. The first-order chi connectivity index (χ1) is 17.9. The second-order valence-corrected chi connectivity index (χ2v) is 10.2. The monoisotopic (exact) mass is 524 g/mol. The minimum Gasteiger partial charge on any atom is -0.480 e. The zero-order valence-corrected chi connectivity index (χ0v) is 23.8. The highest BCUT2D eigenvalue weighted by atomic mass is 16.5. The van der Waals surface area contributed by atoms with E-state index >= 15 is 0 Å². The maximum Gasteiger partial charge on any atom is 0.326 e. The number of nitrogens with two attached hydrogens (primary N) is 1. The summed E-state index contributed by atoms with van der Waals surface area (Å²) in [5.41, 5.74) is 5.44. The minimum absolute atomic E-state index is 0.0459. The van der Waals surface area contributed by atoms with Crippen molar-refractivity contribution in [3.05, 3.63) is 12.2 Å². The van der Waals surface area contributed by atoms with Crippen molar-refractivity contribution < 1.29 is 24.2 Å². The second kappa shape index (κ2) is 25.7. The number of hydrogen-bond donors (Lipinski definition) is 3. The minimum atomic E-state index is -1.02. The fraction of sp³-hybridized carbons (Fsp3) is 0.833. The summed E-state index contributed by atoms with van der Waals surface area (Å²) < 4.78 is 5.82. The summed E-state index contributed by atoms with van der Waals surface area (Å²) in [4.78, 5) is 35.7. The highest BCUT2D eigenvalue weighted by molar-refractivity contribution is 5.83. The number of hydrogen-bond acceptors (Lipinski definition) is 5. The van der Waals surface area contributed by atoms with Crippen LogP contribution in [0.2, 0.25) is 0 Å². The molecule has 4 N–H and O–H groups in total. The maximum atomic E-state index is 12.4. The Morgan fingerprint density at radius 1 is 0.757 bits per heavy atom. The number of carbonyl (C=O) groups excluding carboxylic acids is 2. The fourth-order valence-corrected chi connectivity index (χ4v) is 4.27. The van der Waals surface area contributed by atoms with Crippen molar-refractivity contribution >= 4 is 17.8 Å². The zero-order valence-electron chi connectivity index (χ0n) is 23.8. The molecule has 0 spiro atoms. The summed E-state index contributed by atoms with van der Waals surface area (Å²) in [5, 5.41) is 11.8. The number of carboxylic acids is 1. The topological polar surface area (TPSA) is 119 Å². The normalized spacial score (nSPS) is 12.9. The van der Waals surface area contributed by atoms with Crippen molar-refractivity contribution in [2.24, 2.45) is 5.73 Å². The van der Waals surface area contributed by atoms with Crippen LogP contribution in [-0.2, 0) is 19.1 Å². The predicted molar refractivity (Wildman–Crippen MR) is 151 cm³/mol. The Balaban J connectivity index is 4.13. The molecule has 7 heteroatoms. The lowest BCUT2D eigenvalue weighted by molar-refractivity contribution is -0.150. The van der Waals surface area contributed by atoms with E-state index in [1.807, 2.05) is 0 Å². The molecule has 0 aromatic carbocycles. The Morgan fingerprint density at radius 3 is 2.05 bits per heavy atom. The number of rotatable bonds is 26. The van der Waals surface area contributed by atoms with Gasteiger partial charge in [0.1, 0.15) is 12.1 Å². The number of ether oxygens (including phenoxy) is 1. The van der Waals surface area contributed by atoms with E-state index in [-0.39, 0.29) is 18.0 Å². The Kier molecular flexibility index (Phi) is 24.4. The van der Waals surface area contributed by atoms with Gasteiger partial charge in [0.15, 0.2) is 0 Å². The molecule has 0 saturated carbocycles. The van der Waals surface area contributed by atoms with Gasteiger partial charge in [0.05, 0.1) is 0 Å². The molecular weight excluding hydrogens is 468 g/mol. The quantitative estimate of drug-likeness (QED) is 0.0648. The first kappa shape index (κ1) is 35.1. The van der Waals surface area contributed by atoms with Crippen molar-refractivity contribution in [1.82, 2.24) is 5.32 Å². The van der Waals surface area contributed by atoms with Crippen LogP contribution in [0.25, 0.3) is 0 Å². The van der Waals surface area contributed by atoms with E-state index in [4.69, 9.17) is 10.5 Å². The van der Waals surface area contributed by atoms with Gasteiger partial charge in [-0.3, -0.25) is 9.59 Å². The highest BCUT2D eigenvalue weighted by Gasteiger charge is 2.19. The average molecular weight is 525 g/mol. The van der Waals surface area contributed by atoms with Gasteiger partial charge < -0.3 is 20.9 Å². The molecule has 216 valence electrons. The van der Waals surface area contributed by atoms with Crippen LogP contribution in [0.15, 0.2) is 12.2 Å². The van der Waals surface area contributed by atoms with E-state index in [9.17, 15) is 19.5 Å². The van der Waals surface area contributed by atoms with E-state index in [0.717, 1.165) is 64.2 Å². The number of carbonyl (C=O) groups is 3. The third-order valence-electron chi connectivity index (χ3n) is 6.56. The van der Waals surface area contributed by atoms with Gasteiger partial charge in [-0.25, -0.2) is 4.79 Å². The Labute approximate surface area is 226 Å². The summed E-state index contributed by atoms with van der Waals surface area (Å²) in [6.45, 7) is 4.76. The molecule has 0 bridgehead atoms. The standard InChI is InChI=1S/C30H56N2O5/c1-3-5-7-8-9-10-11-12-13-18-24-29(34)37-26(20-15-6-4-2)21-16-14-17-23-28(33)32-27(30(35)36)22-19-25-31/h7-8,26-27H,3-6,9-25,31H2,1-2H3,(H,32,33)(H,35,36)/b8-7-. The van der Waals surface area contributed by atoms with Gasteiger partial charge in [-0.2, -0.15) is 0 Å². The predicted octanol–water partition coefficient (Wildman–Crippen LogP) is 6.82. The van der Waals surface area contributed by atoms with Gasteiger partial charge in [0.2, 0.25) is 5.91 Å². The lowest BCUT2D eigenvalue weighted by atomic mass is 10.0. The highest BCUT2D eigenvalue weighted by Crippen LogP contribution is 2.17. The smallest absolute Gasteiger partial charge is 0.326 e. The Hall–Kier alpha value is -1.89. The van der Waals surface area contributed by atoms with Crippen LogP contribution in [0, 0.1) is 0 Å². The van der Waals surface area contributed by atoms with Gasteiger partial charge in [0.25, 0.3) is 0 Å². The largest absolute Gasteiger partial charge is 0.480 e. The number of carboxylic acid groups (broad SMARTS) is 1. The molecule has 0 aromatic heterocycles. The van der Waals surface area contributed by atoms with Gasteiger partial charge in [-0.1, -0.05) is 70.9 Å².